The second-order valence-corrected chi connectivity index (χ2v) is 5.43. The van der Waals surface area contributed by atoms with Crippen molar-refractivity contribution in [3.05, 3.63) is 83.9 Å². The molecule has 1 unspecified atom stereocenters. The van der Waals surface area contributed by atoms with Gasteiger partial charge in [0.25, 0.3) is 0 Å². The third kappa shape index (κ3) is 3.14. The van der Waals surface area contributed by atoms with Crippen LogP contribution in [0.25, 0.3) is 10.8 Å². The Hall–Kier alpha value is -2.12. The zero-order valence-corrected chi connectivity index (χ0v) is 12.4. The first-order chi connectivity index (χ1) is 10.4. The van der Waals surface area contributed by atoms with Crippen LogP contribution >= 0.6 is 0 Å². The van der Waals surface area contributed by atoms with Gasteiger partial charge in [0.05, 0.1) is 0 Å². The fourth-order valence-corrected chi connectivity index (χ4v) is 2.97. The van der Waals surface area contributed by atoms with E-state index in [1.165, 1.54) is 21.9 Å². The first-order valence-corrected chi connectivity index (χ1v) is 7.57. The van der Waals surface area contributed by atoms with Gasteiger partial charge in [0, 0.05) is 6.04 Å². The number of hydrogen-bond acceptors (Lipinski definition) is 1. The molecule has 0 aliphatic rings. The molecule has 0 saturated heterocycles. The number of hydrogen-bond donors (Lipinski definition) is 1. The zero-order valence-electron chi connectivity index (χ0n) is 12.4. The second-order valence-electron chi connectivity index (χ2n) is 5.43. The largest absolute Gasteiger partial charge is 0.313 e. The van der Waals surface area contributed by atoms with E-state index < -0.39 is 0 Å². The van der Waals surface area contributed by atoms with E-state index >= 15 is 0 Å². The molecule has 0 aliphatic heterocycles. The van der Waals surface area contributed by atoms with E-state index in [9.17, 15) is 0 Å². The minimum atomic E-state index is 0.408. The van der Waals surface area contributed by atoms with Gasteiger partial charge in [0.2, 0.25) is 0 Å². The lowest BCUT2D eigenvalue weighted by Gasteiger charge is -2.17. The molecule has 0 heterocycles. The van der Waals surface area contributed by atoms with E-state index in [4.69, 9.17) is 0 Å². The molecule has 0 saturated carbocycles. The van der Waals surface area contributed by atoms with E-state index in [0.29, 0.717) is 6.04 Å². The lowest BCUT2D eigenvalue weighted by Crippen LogP contribution is -2.17. The van der Waals surface area contributed by atoms with Gasteiger partial charge in [-0.2, -0.15) is 0 Å². The topological polar surface area (TPSA) is 12.0 Å². The standard InChI is InChI=1S/C20H21N/c1-21-20(18-9-3-2-4-10-18)15-14-17-12-7-11-16-8-5-6-13-19(16)17/h2-13,20-21H,14-15H2,1H3. The first-order valence-electron chi connectivity index (χ1n) is 7.57. The molecule has 1 atom stereocenters. The van der Waals surface area contributed by atoms with Crippen molar-refractivity contribution in [3.63, 3.8) is 0 Å². The van der Waals surface area contributed by atoms with Gasteiger partial charge in [-0.3, -0.25) is 0 Å². The molecule has 21 heavy (non-hydrogen) atoms. The third-order valence-electron chi connectivity index (χ3n) is 4.13. The number of benzene rings is 3. The molecule has 0 aliphatic carbocycles. The van der Waals surface area contributed by atoms with Gasteiger partial charge in [0.15, 0.2) is 0 Å². The second kappa shape index (κ2) is 6.55. The van der Waals surface area contributed by atoms with Gasteiger partial charge in [0.1, 0.15) is 0 Å². The Balaban J connectivity index is 1.79. The lowest BCUT2D eigenvalue weighted by atomic mass is 9.96. The molecule has 1 heteroatoms. The van der Waals surface area contributed by atoms with Gasteiger partial charge in [-0.05, 0) is 41.8 Å². The van der Waals surface area contributed by atoms with Crippen LogP contribution in [0.15, 0.2) is 72.8 Å². The van der Waals surface area contributed by atoms with Crippen LogP contribution in [0.4, 0.5) is 0 Å². The number of rotatable bonds is 5. The van der Waals surface area contributed by atoms with Crippen molar-refractivity contribution in [2.45, 2.75) is 18.9 Å². The highest BCUT2D eigenvalue weighted by atomic mass is 14.9. The Bertz CT molecular complexity index is 698. The minimum absolute atomic E-state index is 0.408. The van der Waals surface area contributed by atoms with Crippen LogP contribution in [-0.4, -0.2) is 7.05 Å². The van der Waals surface area contributed by atoms with E-state index in [1.54, 1.807) is 0 Å². The molecule has 0 aromatic heterocycles. The summed E-state index contributed by atoms with van der Waals surface area (Å²) in [6.07, 6.45) is 2.19. The van der Waals surface area contributed by atoms with Crippen LogP contribution in [-0.2, 0) is 6.42 Å². The van der Waals surface area contributed by atoms with Crippen LogP contribution in [0, 0.1) is 0 Å². The van der Waals surface area contributed by atoms with Crippen LogP contribution in [0.2, 0.25) is 0 Å². The van der Waals surface area contributed by atoms with Crippen molar-refractivity contribution >= 4 is 10.8 Å². The Morgan fingerprint density at radius 1 is 0.810 bits per heavy atom. The SMILES string of the molecule is CNC(CCc1cccc2ccccc12)c1ccccc1. The molecule has 3 aromatic carbocycles. The molecular weight excluding hydrogens is 254 g/mol. The molecule has 0 radical (unpaired) electrons. The average Bonchev–Trinajstić information content (AvgIpc) is 2.56. The molecule has 1 N–H and O–H groups in total. The van der Waals surface area contributed by atoms with Gasteiger partial charge < -0.3 is 5.32 Å². The summed E-state index contributed by atoms with van der Waals surface area (Å²) in [6.45, 7) is 0. The Morgan fingerprint density at radius 3 is 2.33 bits per heavy atom. The normalized spacial score (nSPS) is 12.4. The fourth-order valence-electron chi connectivity index (χ4n) is 2.97. The fraction of sp³-hybridized carbons (Fsp3) is 0.200. The monoisotopic (exact) mass is 275 g/mol. The van der Waals surface area contributed by atoms with Crippen molar-refractivity contribution in [3.8, 4) is 0 Å². The smallest absolute Gasteiger partial charge is 0.0320 e. The summed E-state index contributed by atoms with van der Waals surface area (Å²) in [5.41, 5.74) is 2.80. The van der Waals surface area contributed by atoms with Crippen molar-refractivity contribution < 1.29 is 0 Å². The van der Waals surface area contributed by atoms with E-state index in [-0.39, 0.29) is 0 Å². The maximum atomic E-state index is 3.44. The highest BCUT2D eigenvalue weighted by Crippen LogP contribution is 2.23. The van der Waals surface area contributed by atoms with Crippen LogP contribution in [0.5, 0.6) is 0 Å². The quantitative estimate of drug-likeness (QED) is 0.709. The van der Waals surface area contributed by atoms with Crippen LogP contribution < -0.4 is 5.32 Å². The maximum absolute atomic E-state index is 3.44. The molecule has 3 rings (SSSR count). The average molecular weight is 275 g/mol. The minimum Gasteiger partial charge on any atom is -0.313 e. The summed E-state index contributed by atoms with van der Waals surface area (Å²) < 4.78 is 0. The predicted molar refractivity (Wildman–Crippen MR) is 90.5 cm³/mol. The highest BCUT2D eigenvalue weighted by molar-refractivity contribution is 5.85. The lowest BCUT2D eigenvalue weighted by molar-refractivity contribution is 0.550. The van der Waals surface area contributed by atoms with Crippen molar-refractivity contribution in [1.82, 2.24) is 5.32 Å². The number of aryl methyl sites for hydroxylation is 1. The molecule has 106 valence electrons. The molecule has 0 amide bonds. The van der Waals surface area contributed by atoms with Gasteiger partial charge in [-0.25, -0.2) is 0 Å². The molecule has 0 fully saturated rings. The van der Waals surface area contributed by atoms with Crippen molar-refractivity contribution in [1.29, 1.82) is 0 Å². The highest BCUT2D eigenvalue weighted by Gasteiger charge is 2.09. The molecule has 0 bridgehead atoms. The summed E-state index contributed by atoms with van der Waals surface area (Å²) in [6, 6.07) is 26.3. The Kier molecular flexibility index (Phi) is 4.32. The van der Waals surface area contributed by atoms with Crippen molar-refractivity contribution in [2.24, 2.45) is 0 Å². The maximum Gasteiger partial charge on any atom is 0.0320 e. The Labute approximate surface area is 126 Å². The summed E-state index contributed by atoms with van der Waals surface area (Å²) in [5, 5.41) is 6.14. The predicted octanol–water partition coefficient (Wildman–Crippen LogP) is 4.73. The Morgan fingerprint density at radius 2 is 1.52 bits per heavy atom. The summed E-state index contributed by atoms with van der Waals surface area (Å²) in [7, 11) is 2.04. The molecule has 3 aromatic rings. The molecule has 1 nitrogen and oxygen atoms in total. The van der Waals surface area contributed by atoms with Crippen molar-refractivity contribution in [2.75, 3.05) is 7.05 Å². The van der Waals surface area contributed by atoms with Gasteiger partial charge >= 0.3 is 0 Å². The summed E-state index contributed by atoms with van der Waals surface area (Å²) in [4.78, 5) is 0. The zero-order chi connectivity index (χ0) is 14.5. The van der Waals surface area contributed by atoms with E-state index in [0.717, 1.165) is 12.8 Å². The van der Waals surface area contributed by atoms with E-state index in [2.05, 4.69) is 78.1 Å². The van der Waals surface area contributed by atoms with Gasteiger partial charge in [-0.15, -0.1) is 0 Å². The molecule has 0 spiro atoms. The van der Waals surface area contributed by atoms with Crippen LogP contribution in [0.3, 0.4) is 0 Å². The third-order valence-corrected chi connectivity index (χ3v) is 4.13. The summed E-state index contributed by atoms with van der Waals surface area (Å²) in [5.74, 6) is 0. The summed E-state index contributed by atoms with van der Waals surface area (Å²) >= 11 is 0. The first kappa shape index (κ1) is 13.8. The number of nitrogens with one attached hydrogen (secondary N) is 1. The van der Waals surface area contributed by atoms with E-state index in [1.807, 2.05) is 7.05 Å². The van der Waals surface area contributed by atoms with Crippen LogP contribution in [0.1, 0.15) is 23.6 Å². The van der Waals surface area contributed by atoms with Gasteiger partial charge in [-0.1, -0.05) is 72.8 Å². The number of fused-ring (bicyclic) bond motifs is 1. The molecular formula is C20H21N.